The average Bonchev–Trinajstić information content (AvgIpc) is 3.14. The number of aromatic nitrogens is 4. The number of nitrogens with one attached hydrogen (secondary N) is 3. The van der Waals surface area contributed by atoms with Crippen molar-refractivity contribution in [1.82, 2.24) is 30.2 Å². The molecule has 14 heteroatoms. The summed E-state index contributed by atoms with van der Waals surface area (Å²) in [5.41, 5.74) is 7.53. The van der Waals surface area contributed by atoms with Gasteiger partial charge in [-0.2, -0.15) is 9.49 Å². The number of Topliss-reactive ketones (excluding diaryl/α,β-unsaturated/α-hetero) is 2. The van der Waals surface area contributed by atoms with E-state index in [2.05, 4.69) is 31.1 Å². The second-order valence-corrected chi connectivity index (χ2v) is 11.8. The van der Waals surface area contributed by atoms with Crippen molar-refractivity contribution in [2.24, 2.45) is 0 Å². The van der Waals surface area contributed by atoms with Crippen molar-refractivity contribution in [2.45, 2.75) is 41.2 Å². The van der Waals surface area contributed by atoms with Gasteiger partial charge in [0.25, 0.3) is 5.56 Å². The molecule has 0 radical (unpaired) electrons. The quantitative estimate of drug-likeness (QED) is 0.101. The first kappa shape index (κ1) is 37.7. The van der Waals surface area contributed by atoms with Crippen LogP contribution in [0, 0.1) is 24.5 Å². The van der Waals surface area contributed by atoms with Gasteiger partial charge in [-0.15, -0.1) is 0 Å². The number of hydrazine groups is 1. The Morgan fingerprint density at radius 3 is 2.04 bits per heavy atom. The van der Waals surface area contributed by atoms with Gasteiger partial charge in [-0.3, -0.25) is 29.8 Å². The average molecular weight is 723 g/mol. The molecular weight excluding hydrogens is 685 g/mol. The molecule has 0 bridgehead atoms. The van der Waals surface area contributed by atoms with Gasteiger partial charge < -0.3 is 10.6 Å². The minimum absolute atomic E-state index is 0.134. The Morgan fingerprint density at radius 1 is 0.811 bits per heavy atom. The highest BCUT2D eigenvalue weighted by atomic mass is 19.1. The molecule has 1 aliphatic heterocycles. The summed E-state index contributed by atoms with van der Waals surface area (Å²) in [7, 11) is 0. The van der Waals surface area contributed by atoms with E-state index in [0.717, 1.165) is 5.56 Å². The third-order valence-corrected chi connectivity index (χ3v) is 8.14. The molecule has 3 N–H and O–H groups in total. The van der Waals surface area contributed by atoms with Crippen molar-refractivity contribution in [2.75, 3.05) is 17.2 Å². The first-order valence-electron chi connectivity index (χ1n) is 16.7. The van der Waals surface area contributed by atoms with Crippen LogP contribution in [0.3, 0.4) is 0 Å². The molecular formula is C39H37F3N8O3. The van der Waals surface area contributed by atoms with Gasteiger partial charge in [-0.05, 0) is 107 Å². The minimum Gasteiger partial charge on any atom is -0.350 e. The smallest absolute Gasteiger partial charge is 0.291 e. The fraction of sp³-hybridized carbons (Fsp3) is 0.179. The fourth-order valence-corrected chi connectivity index (χ4v) is 5.45. The largest absolute Gasteiger partial charge is 0.350 e. The second-order valence-electron chi connectivity index (χ2n) is 11.8. The lowest BCUT2D eigenvalue weighted by Gasteiger charge is -2.31. The molecule has 272 valence electrons. The van der Waals surface area contributed by atoms with Crippen molar-refractivity contribution in [3.8, 4) is 11.3 Å². The predicted octanol–water partition coefficient (Wildman–Crippen LogP) is 7.17. The number of ketones is 2. The Hall–Kier alpha value is -6.57. The molecule has 0 saturated heterocycles. The summed E-state index contributed by atoms with van der Waals surface area (Å²) in [6, 6.07) is 16.4. The number of halogens is 3. The molecule has 53 heavy (non-hydrogen) atoms. The maximum absolute atomic E-state index is 13.9. The molecule has 0 aliphatic carbocycles. The number of rotatable bonds is 10. The molecule has 1 aliphatic rings. The third kappa shape index (κ3) is 8.67. The highest BCUT2D eigenvalue weighted by molar-refractivity contribution is 6.06. The Kier molecular flexibility index (Phi) is 11.8. The van der Waals surface area contributed by atoms with Crippen molar-refractivity contribution >= 4 is 34.3 Å². The molecule has 5 aromatic rings. The minimum atomic E-state index is -0.666. The van der Waals surface area contributed by atoms with E-state index < -0.39 is 17.3 Å². The topological polar surface area (TPSA) is 134 Å². The third-order valence-electron chi connectivity index (χ3n) is 8.14. The van der Waals surface area contributed by atoms with Crippen LogP contribution in [0.1, 0.15) is 49.2 Å². The maximum Gasteiger partial charge on any atom is 0.291 e. The highest BCUT2D eigenvalue weighted by Crippen LogP contribution is 2.30. The summed E-state index contributed by atoms with van der Waals surface area (Å²) < 4.78 is 41.8. The number of hydrogen-bond acceptors (Lipinski definition) is 10. The summed E-state index contributed by atoms with van der Waals surface area (Å²) in [5, 5.41) is 12.1. The number of aryl methyl sites for hydroxylation is 2. The van der Waals surface area contributed by atoms with E-state index in [1.165, 1.54) is 67.2 Å². The van der Waals surface area contributed by atoms with Crippen LogP contribution in [-0.2, 0) is 11.3 Å². The summed E-state index contributed by atoms with van der Waals surface area (Å²) in [4.78, 5) is 45.3. The molecule has 0 spiro atoms. The number of anilines is 3. The number of pyridine rings is 2. The number of nitrogens with zero attached hydrogens (tertiary/aromatic N) is 5. The standard InChI is InChI=1S/C20H19FN4O2.C19H18F2N4O/c1-4-25-20(27)19(23-16-11-22-10-9-12(16)2)17(13(3)26)18(24-25)14-5-7-15(21)8-6-14;1-3-25-11-16(23-15-5-4-10-22-19(15)21)17(12(2)26)18(24-25)13-6-8-14(20)9-7-13/h5-11,23H,4H2,1-3H3;4-11,23-24H,3H2,1-2H3. The molecule has 6 rings (SSSR count). The molecule has 11 nitrogen and oxygen atoms in total. The van der Waals surface area contributed by atoms with Crippen LogP contribution in [0.25, 0.3) is 17.0 Å². The van der Waals surface area contributed by atoms with E-state index in [-0.39, 0.29) is 34.3 Å². The second kappa shape index (κ2) is 16.6. The van der Waals surface area contributed by atoms with Crippen molar-refractivity contribution in [3.05, 3.63) is 147 Å². The van der Waals surface area contributed by atoms with Crippen LogP contribution in [0.4, 0.5) is 30.2 Å². The Labute approximate surface area is 303 Å². The number of allylic oxidation sites excluding steroid dienone is 1. The summed E-state index contributed by atoms with van der Waals surface area (Å²) in [6.07, 6.45) is 6.28. The van der Waals surface area contributed by atoms with Gasteiger partial charge in [0.2, 0.25) is 5.95 Å². The van der Waals surface area contributed by atoms with Gasteiger partial charge in [0, 0.05) is 42.8 Å². The molecule has 0 saturated carbocycles. The van der Waals surface area contributed by atoms with Crippen molar-refractivity contribution in [1.29, 1.82) is 0 Å². The summed E-state index contributed by atoms with van der Waals surface area (Å²) in [5.74, 6) is -1.95. The van der Waals surface area contributed by atoms with E-state index >= 15 is 0 Å². The van der Waals surface area contributed by atoms with E-state index in [1.807, 2.05) is 13.8 Å². The Bertz CT molecular complexity index is 2270. The van der Waals surface area contributed by atoms with Gasteiger partial charge in [0.1, 0.15) is 23.0 Å². The zero-order valence-corrected chi connectivity index (χ0v) is 29.7. The maximum atomic E-state index is 13.9. The molecule has 0 atom stereocenters. The molecule has 0 unspecified atom stereocenters. The monoisotopic (exact) mass is 722 g/mol. The zero-order chi connectivity index (χ0) is 38.2. The highest BCUT2D eigenvalue weighted by Gasteiger charge is 2.25. The fourth-order valence-electron chi connectivity index (χ4n) is 5.45. The first-order chi connectivity index (χ1) is 25.4. The summed E-state index contributed by atoms with van der Waals surface area (Å²) >= 11 is 0. The Balaban J connectivity index is 0.000000204. The SMILES string of the molecule is CCN1C=C(Nc2cccnc2F)C(C(C)=O)=C(c2ccc(F)cc2)N1.CCn1nc(-c2ccc(F)cc2)c(C(C)=O)c(Nc2cnccc2C)c1=O. The lowest BCUT2D eigenvalue weighted by molar-refractivity contribution is -0.113. The predicted molar refractivity (Wildman–Crippen MR) is 197 cm³/mol. The van der Waals surface area contributed by atoms with Gasteiger partial charge in [-0.1, -0.05) is 0 Å². The zero-order valence-electron chi connectivity index (χ0n) is 29.7. The van der Waals surface area contributed by atoms with Crippen molar-refractivity contribution < 1.29 is 22.8 Å². The van der Waals surface area contributed by atoms with Crippen LogP contribution in [0.5, 0.6) is 0 Å². The first-order valence-corrected chi connectivity index (χ1v) is 16.7. The lowest BCUT2D eigenvalue weighted by Crippen LogP contribution is -2.38. The number of hydrogen-bond donors (Lipinski definition) is 3. The molecule has 0 fully saturated rings. The van der Waals surface area contributed by atoms with E-state index in [4.69, 9.17) is 0 Å². The Morgan fingerprint density at radius 2 is 1.47 bits per heavy atom. The molecule has 3 aromatic heterocycles. The van der Waals surface area contributed by atoms with Gasteiger partial charge in [-0.25, -0.2) is 18.4 Å². The van der Waals surface area contributed by atoms with E-state index in [1.54, 1.807) is 54.8 Å². The van der Waals surface area contributed by atoms with Gasteiger partial charge in [0.15, 0.2) is 11.6 Å². The van der Waals surface area contributed by atoms with Gasteiger partial charge in [0.05, 0.1) is 40.1 Å². The molecule has 4 heterocycles. The normalized spacial score (nSPS) is 12.3. The summed E-state index contributed by atoms with van der Waals surface area (Å²) in [6.45, 7) is 9.31. The van der Waals surface area contributed by atoms with Crippen LogP contribution in [0.15, 0.2) is 108 Å². The van der Waals surface area contributed by atoms with Crippen LogP contribution >= 0.6 is 0 Å². The van der Waals surface area contributed by atoms with Gasteiger partial charge >= 0.3 is 0 Å². The number of benzene rings is 2. The number of carbonyl (C=O) groups excluding carboxylic acids is 2. The van der Waals surface area contributed by atoms with E-state index in [0.29, 0.717) is 52.6 Å². The molecule has 0 amide bonds. The van der Waals surface area contributed by atoms with E-state index in [9.17, 15) is 27.6 Å². The number of carbonyl (C=O) groups is 2. The van der Waals surface area contributed by atoms with Crippen molar-refractivity contribution in [3.63, 3.8) is 0 Å². The van der Waals surface area contributed by atoms with Crippen LogP contribution < -0.4 is 21.6 Å². The van der Waals surface area contributed by atoms with Crippen LogP contribution in [-0.4, -0.2) is 42.9 Å². The molecule has 2 aromatic carbocycles. The lowest BCUT2D eigenvalue weighted by atomic mass is 9.99. The van der Waals surface area contributed by atoms with Crippen LogP contribution in [0.2, 0.25) is 0 Å².